The fourth-order valence-corrected chi connectivity index (χ4v) is 2.14. The molecule has 1 N–H and O–H groups in total. The molecule has 1 saturated heterocycles. The van der Waals surface area contributed by atoms with Crippen molar-refractivity contribution in [3.05, 3.63) is 35.4 Å². The fraction of sp³-hybridized carbons (Fsp3) is 0.462. The summed E-state index contributed by atoms with van der Waals surface area (Å²) >= 11 is 0. The minimum atomic E-state index is -1.33. The van der Waals surface area contributed by atoms with Gasteiger partial charge in [0.05, 0.1) is 5.56 Å². The summed E-state index contributed by atoms with van der Waals surface area (Å²) in [7, 11) is 0. The van der Waals surface area contributed by atoms with Crippen LogP contribution in [0.4, 0.5) is 4.39 Å². The van der Waals surface area contributed by atoms with Gasteiger partial charge in [-0.3, -0.25) is 0 Å². The minimum absolute atomic E-state index is 0.152. The highest BCUT2D eigenvalue weighted by atomic mass is 19.1. The third-order valence-corrected chi connectivity index (χ3v) is 3.14. The van der Waals surface area contributed by atoms with E-state index in [2.05, 4.69) is 0 Å². The summed E-state index contributed by atoms with van der Waals surface area (Å²) in [5.74, 6) is -1.00. The van der Waals surface area contributed by atoms with Crippen LogP contribution in [0.3, 0.4) is 0 Å². The second-order valence-electron chi connectivity index (χ2n) is 4.40. The molecule has 1 fully saturated rings. The van der Waals surface area contributed by atoms with E-state index in [0.717, 1.165) is 0 Å². The molecule has 0 unspecified atom stereocenters. The highest BCUT2D eigenvalue weighted by Gasteiger charge is 2.33. The minimum Gasteiger partial charge on any atom is -0.478 e. The number of hydrogen-bond donors (Lipinski definition) is 1. The zero-order valence-electron chi connectivity index (χ0n) is 9.49. The van der Waals surface area contributed by atoms with Gasteiger partial charge in [-0.2, -0.15) is 0 Å². The van der Waals surface area contributed by atoms with Gasteiger partial charge < -0.3 is 9.84 Å². The van der Waals surface area contributed by atoms with E-state index in [1.165, 1.54) is 6.07 Å². The zero-order valence-corrected chi connectivity index (χ0v) is 9.49. The molecule has 0 saturated carbocycles. The van der Waals surface area contributed by atoms with E-state index < -0.39 is 11.6 Å². The zero-order chi connectivity index (χ0) is 12.3. The van der Waals surface area contributed by atoms with Gasteiger partial charge in [0.15, 0.2) is 0 Å². The van der Waals surface area contributed by atoms with Gasteiger partial charge in [0.2, 0.25) is 0 Å². The van der Waals surface area contributed by atoms with Crippen LogP contribution >= 0.6 is 0 Å². The maximum absolute atomic E-state index is 14.4. The lowest BCUT2D eigenvalue weighted by Crippen LogP contribution is -2.34. The maximum Gasteiger partial charge on any atom is 0.335 e. The average molecular weight is 238 g/mol. The Hall–Kier alpha value is -1.42. The van der Waals surface area contributed by atoms with E-state index in [1.54, 1.807) is 18.2 Å². The quantitative estimate of drug-likeness (QED) is 0.879. The monoisotopic (exact) mass is 238 g/mol. The summed E-state index contributed by atoms with van der Waals surface area (Å²) in [6, 6.07) is 6.59. The van der Waals surface area contributed by atoms with Crippen LogP contribution in [-0.4, -0.2) is 30.0 Å². The Balaban J connectivity index is 2.20. The molecule has 0 aromatic heterocycles. The number of rotatable bonds is 3. The van der Waals surface area contributed by atoms with Crippen molar-refractivity contribution in [2.75, 3.05) is 13.2 Å². The topological polar surface area (TPSA) is 46.5 Å². The Morgan fingerprint density at radius 2 is 2.00 bits per heavy atom. The van der Waals surface area contributed by atoms with Crippen molar-refractivity contribution < 1.29 is 19.0 Å². The molecule has 0 amide bonds. The van der Waals surface area contributed by atoms with Crippen LogP contribution < -0.4 is 0 Å². The number of ether oxygens (including phenoxy) is 1. The van der Waals surface area contributed by atoms with Crippen LogP contribution in [0.2, 0.25) is 0 Å². The fourth-order valence-electron chi connectivity index (χ4n) is 2.14. The van der Waals surface area contributed by atoms with Crippen LogP contribution in [0, 0.1) is 0 Å². The molecule has 1 aromatic carbocycles. The summed E-state index contributed by atoms with van der Waals surface area (Å²) in [4.78, 5) is 11.0. The number of alkyl halides is 1. The lowest BCUT2D eigenvalue weighted by molar-refractivity contribution is -0.00824. The Labute approximate surface area is 99.2 Å². The van der Waals surface area contributed by atoms with Crippen LogP contribution in [0.5, 0.6) is 0 Å². The molecule has 92 valence electrons. The van der Waals surface area contributed by atoms with E-state index in [4.69, 9.17) is 9.84 Å². The van der Waals surface area contributed by atoms with Gasteiger partial charge in [-0.15, -0.1) is 0 Å². The van der Waals surface area contributed by atoms with Gasteiger partial charge >= 0.3 is 5.97 Å². The van der Waals surface area contributed by atoms with E-state index in [0.29, 0.717) is 31.6 Å². The van der Waals surface area contributed by atoms with Crippen molar-refractivity contribution in [2.24, 2.45) is 0 Å². The third-order valence-electron chi connectivity index (χ3n) is 3.14. The number of carboxylic acids is 1. The second kappa shape index (κ2) is 4.84. The first-order valence-electron chi connectivity index (χ1n) is 5.69. The summed E-state index contributed by atoms with van der Waals surface area (Å²) in [6.07, 6.45) is 0.820. The van der Waals surface area contributed by atoms with E-state index in [1.807, 2.05) is 0 Å². The lowest BCUT2D eigenvalue weighted by atomic mass is 9.87. The molecule has 0 spiro atoms. The van der Waals surface area contributed by atoms with Crippen LogP contribution in [0.1, 0.15) is 28.8 Å². The van der Waals surface area contributed by atoms with Crippen molar-refractivity contribution in [3.63, 3.8) is 0 Å². The molecule has 1 aromatic rings. The number of benzene rings is 1. The van der Waals surface area contributed by atoms with Crippen molar-refractivity contribution >= 4 is 5.97 Å². The first kappa shape index (κ1) is 12.0. The van der Waals surface area contributed by atoms with Gasteiger partial charge in [0.1, 0.15) is 5.67 Å². The molecule has 0 bridgehead atoms. The van der Waals surface area contributed by atoms with Crippen LogP contribution in [0.15, 0.2) is 24.3 Å². The van der Waals surface area contributed by atoms with Crippen LogP contribution in [0.25, 0.3) is 0 Å². The molecule has 1 heterocycles. The molecule has 1 aliphatic rings. The number of carboxylic acid groups (broad SMARTS) is 1. The molecular formula is C13H15FO3. The summed E-state index contributed by atoms with van der Waals surface area (Å²) in [5, 5.41) is 9.03. The largest absolute Gasteiger partial charge is 0.478 e. The van der Waals surface area contributed by atoms with Crippen molar-refractivity contribution in [3.8, 4) is 0 Å². The highest BCUT2D eigenvalue weighted by molar-refractivity contribution is 5.89. The highest BCUT2D eigenvalue weighted by Crippen LogP contribution is 2.30. The van der Waals surface area contributed by atoms with Gasteiger partial charge in [-0.25, -0.2) is 9.18 Å². The third kappa shape index (κ3) is 2.82. The molecule has 4 heteroatoms. The smallest absolute Gasteiger partial charge is 0.335 e. The van der Waals surface area contributed by atoms with Crippen molar-refractivity contribution in [1.82, 2.24) is 0 Å². The number of halogens is 1. The van der Waals surface area contributed by atoms with Crippen molar-refractivity contribution in [2.45, 2.75) is 24.9 Å². The Morgan fingerprint density at radius 3 is 2.65 bits per heavy atom. The van der Waals surface area contributed by atoms with Gasteiger partial charge in [-0.05, 0) is 11.6 Å². The molecular weight excluding hydrogens is 223 g/mol. The standard InChI is InChI=1S/C13H15FO3/c14-13(5-7-17-8-6-13)9-10-3-1-2-4-11(10)12(15)16/h1-4H,5-9H2,(H,15,16). The Kier molecular flexibility index (Phi) is 3.43. The summed E-state index contributed by atoms with van der Waals surface area (Å²) in [6.45, 7) is 0.817. The Morgan fingerprint density at radius 1 is 1.35 bits per heavy atom. The molecule has 0 radical (unpaired) electrons. The summed E-state index contributed by atoms with van der Waals surface area (Å²) in [5.41, 5.74) is -0.579. The van der Waals surface area contributed by atoms with E-state index in [-0.39, 0.29) is 12.0 Å². The van der Waals surface area contributed by atoms with Gasteiger partial charge in [0.25, 0.3) is 0 Å². The van der Waals surface area contributed by atoms with E-state index >= 15 is 0 Å². The SMILES string of the molecule is O=C(O)c1ccccc1CC1(F)CCOCC1. The molecule has 17 heavy (non-hydrogen) atoms. The van der Waals surface area contributed by atoms with E-state index in [9.17, 15) is 9.18 Å². The summed E-state index contributed by atoms with van der Waals surface area (Å²) < 4.78 is 19.6. The predicted molar refractivity (Wildman–Crippen MR) is 61.0 cm³/mol. The predicted octanol–water partition coefficient (Wildman–Crippen LogP) is 2.45. The van der Waals surface area contributed by atoms with Gasteiger partial charge in [-0.1, -0.05) is 18.2 Å². The molecule has 2 rings (SSSR count). The van der Waals surface area contributed by atoms with Gasteiger partial charge in [0, 0.05) is 32.5 Å². The second-order valence-corrected chi connectivity index (χ2v) is 4.40. The number of hydrogen-bond acceptors (Lipinski definition) is 2. The lowest BCUT2D eigenvalue weighted by Gasteiger charge is -2.29. The first-order chi connectivity index (χ1) is 8.11. The molecule has 1 aliphatic heterocycles. The maximum atomic E-state index is 14.4. The first-order valence-corrected chi connectivity index (χ1v) is 5.69. The van der Waals surface area contributed by atoms with Crippen molar-refractivity contribution in [1.29, 1.82) is 0 Å². The molecule has 3 nitrogen and oxygen atoms in total. The number of carbonyl (C=O) groups is 1. The number of aromatic carboxylic acids is 1. The molecule has 0 aliphatic carbocycles. The normalized spacial score (nSPS) is 18.9. The molecule has 0 atom stereocenters. The Bertz CT molecular complexity index is 411. The van der Waals surface area contributed by atoms with Crippen LogP contribution in [-0.2, 0) is 11.2 Å². The average Bonchev–Trinajstić information content (AvgIpc) is 2.29.